The lowest BCUT2D eigenvalue weighted by atomic mass is 10.3. The van der Waals surface area contributed by atoms with Gasteiger partial charge in [-0.1, -0.05) is 0 Å². The third-order valence-corrected chi connectivity index (χ3v) is 2.51. The van der Waals surface area contributed by atoms with E-state index in [-0.39, 0.29) is 12.5 Å². The number of anilines is 2. The van der Waals surface area contributed by atoms with E-state index in [0.717, 1.165) is 11.0 Å². The van der Waals surface area contributed by atoms with Gasteiger partial charge in [-0.3, -0.25) is 4.79 Å². The molecule has 1 heterocycles. The van der Waals surface area contributed by atoms with Gasteiger partial charge in [0.25, 0.3) is 0 Å². The Kier molecular flexibility index (Phi) is 2.86. The molecule has 90 valence electrons. The summed E-state index contributed by atoms with van der Waals surface area (Å²) in [5, 5.41) is 2.57. The standard InChI is InChI=1S/C11H15N5O/c1-13-10(17)6-16(2)11-14-8-4-3-7(12)5-9(8)15-11/h3-5H,6,12H2,1-2H3,(H,13,17)(H,14,15). The average molecular weight is 233 g/mol. The van der Waals surface area contributed by atoms with Gasteiger partial charge in [-0.25, -0.2) is 4.98 Å². The fraction of sp³-hybridized carbons (Fsp3) is 0.273. The number of aromatic nitrogens is 2. The molecule has 6 nitrogen and oxygen atoms in total. The van der Waals surface area contributed by atoms with Gasteiger partial charge in [0.1, 0.15) is 0 Å². The highest BCUT2D eigenvalue weighted by molar-refractivity contribution is 5.83. The molecule has 1 aromatic heterocycles. The van der Waals surface area contributed by atoms with Gasteiger partial charge in [-0.05, 0) is 18.2 Å². The van der Waals surface area contributed by atoms with E-state index in [1.54, 1.807) is 25.1 Å². The molecular formula is C11H15N5O. The lowest BCUT2D eigenvalue weighted by Crippen LogP contribution is -2.33. The van der Waals surface area contributed by atoms with Crippen molar-refractivity contribution in [2.75, 3.05) is 31.3 Å². The van der Waals surface area contributed by atoms with Gasteiger partial charge in [-0.2, -0.15) is 0 Å². The Hall–Kier alpha value is -2.24. The van der Waals surface area contributed by atoms with Crippen LogP contribution >= 0.6 is 0 Å². The molecule has 0 saturated heterocycles. The molecule has 1 aromatic carbocycles. The number of carbonyl (C=O) groups excluding carboxylic acids is 1. The second kappa shape index (κ2) is 4.32. The summed E-state index contributed by atoms with van der Waals surface area (Å²) in [6.45, 7) is 0.256. The molecule has 0 fully saturated rings. The van der Waals surface area contributed by atoms with E-state index in [2.05, 4.69) is 15.3 Å². The van der Waals surface area contributed by atoms with Crippen molar-refractivity contribution in [2.24, 2.45) is 0 Å². The molecule has 0 spiro atoms. The van der Waals surface area contributed by atoms with Crippen molar-refractivity contribution in [2.45, 2.75) is 0 Å². The summed E-state index contributed by atoms with van der Waals surface area (Å²) in [5.41, 5.74) is 8.06. The Morgan fingerprint density at radius 1 is 1.59 bits per heavy atom. The van der Waals surface area contributed by atoms with Crippen LogP contribution in [-0.2, 0) is 4.79 Å². The monoisotopic (exact) mass is 233 g/mol. The van der Waals surface area contributed by atoms with Crippen LogP contribution in [0.1, 0.15) is 0 Å². The second-order valence-corrected chi connectivity index (χ2v) is 3.87. The van der Waals surface area contributed by atoms with Crippen LogP contribution < -0.4 is 16.0 Å². The Bertz CT molecular complexity index is 548. The number of hydrogen-bond donors (Lipinski definition) is 3. The summed E-state index contributed by atoms with van der Waals surface area (Å²) in [5.74, 6) is 0.585. The Morgan fingerprint density at radius 2 is 2.35 bits per heavy atom. The molecule has 2 rings (SSSR count). The summed E-state index contributed by atoms with van der Waals surface area (Å²) in [7, 11) is 3.41. The topological polar surface area (TPSA) is 87.0 Å². The van der Waals surface area contributed by atoms with Crippen LogP contribution in [-0.4, -0.2) is 36.5 Å². The lowest BCUT2D eigenvalue weighted by molar-refractivity contribution is -0.119. The zero-order valence-electron chi connectivity index (χ0n) is 9.82. The number of benzene rings is 1. The number of aromatic amines is 1. The largest absolute Gasteiger partial charge is 0.399 e. The van der Waals surface area contributed by atoms with Crippen LogP contribution in [0, 0.1) is 0 Å². The fourth-order valence-corrected chi connectivity index (χ4v) is 1.56. The maximum atomic E-state index is 11.3. The Morgan fingerprint density at radius 3 is 3.06 bits per heavy atom. The van der Waals surface area contributed by atoms with Crippen LogP contribution in [0.4, 0.5) is 11.6 Å². The molecule has 0 atom stereocenters. The molecule has 0 aliphatic carbocycles. The number of fused-ring (bicyclic) bond motifs is 1. The fourth-order valence-electron chi connectivity index (χ4n) is 1.56. The highest BCUT2D eigenvalue weighted by Crippen LogP contribution is 2.18. The second-order valence-electron chi connectivity index (χ2n) is 3.87. The predicted octanol–water partition coefficient (Wildman–Crippen LogP) is 0.327. The van der Waals surface area contributed by atoms with Crippen LogP contribution in [0.25, 0.3) is 11.0 Å². The summed E-state index contributed by atoms with van der Waals surface area (Å²) in [6, 6.07) is 5.46. The zero-order valence-corrected chi connectivity index (χ0v) is 9.82. The number of hydrogen-bond acceptors (Lipinski definition) is 4. The first-order valence-corrected chi connectivity index (χ1v) is 5.27. The maximum absolute atomic E-state index is 11.3. The number of nitrogen functional groups attached to an aromatic ring is 1. The number of amides is 1. The normalized spacial score (nSPS) is 10.5. The third-order valence-electron chi connectivity index (χ3n) is 2.51. The van der Waals surface area contributed by atoms with Crippen molar-refractivity contribution in [3.05, 3.63) is 18.2 Å². The summed E-state index contributed by atoms with van der Waals surface area (Å²) in [6.07, 6.45) is 0. The highest BCUT2D eigenvalue weighted by Gasteiger charge is 2.10. The number of nitrogens with two attached hydrogens (primary N) is 1. The molecule has 4 N–H and O–H groups in total. The summed E-state index contributed by atoms with van der Waals surface area (Å²) < 4.78 is 0. The van der Waals surface area contributed by atoms with Crippen LogP contribution in [0.5, 0.6) is 0 Å². The van der Waals surface area contributed by atoms with E-state index in [9.17, 15) is 4.79 Å². The van der Waals surface area contributed by atoms with Gasteiger partial charge < -0.3 is 20.9 Å². The van der Waals surface area contributed by atoms with Crippen molar-refractivity contribution in [3.8, 4) is 0 Å². The molecule has 17 heavy (non-hydrogen) atoms. The van der Waals surface area contributed by atoms with E-state index in [1.807, 2.05) is 12.1 Å². The molecular weight excluding hydrogens is 218 g/mol. The number of rotatable bonds is 3. The minimum absolute atomic E-state index is 0.0625. The lowest BCUT2D eigenvalue weighted by Gasteiger charge is -2.13. The van der Waals surface area contributed by atoms with E-state index < -0.39 is 0 Å². The first kappa shape index (κ1) is 11.3. The van der Waals surface area contributed by atoms with Gasteiger partial charge in [0.05, 0.1) is 17.6 Å². The Balaban J connectivity index is 2.27. The van der Waals surface area contributed by atoms with Crippen molar-refractivity contribution >= 4 is 28.6 Å². The molecule has 0 aliphatic heterocycles. The molecule has 0 radical (unpaired) electrons. The van der Waals surface area contributed by atoms with Gasteiger partial charge in [-0.15, -0.1) is 0 Å². The van der Waals surface area contributed by atoms with Gasteiger partial charge >= 0.3 is 0 Å². The third kappa shape index (κ3) is 2.30. The highest BCUT2D eigenvalue weighted by atomic mass is 16.1. The van der Waals surface area contributed by atoms with Crippen LogP contribution in [0.2, 0.25) is 0 Å². The number of nitrogens with one attached hydrogen (secondary N) is 2. The minimum atomic E-state index is -0.0625. The SMILES string of the molecule is CNC(=O)CN(C)c1nc2ccc(N)cc2[nH]1. The van der Waals surface area contributed by atoms with E-state index >= 15 is 0 Å². The molecule has 1 amide bonds. The van der Waals surface area contributed by atoms with Crippen LogP contribution in [0.3, 0.4) is 0 Å². The van der Waals surface area contributed by atoms with Crippen molar-refractivity contribution in [1.82, 2.24) is 15.3 Å². The molecule has 0 aliphatic rings. The number of carbonyl (C=O) groups is 1. The van der Waals surface area contributed by atoms with Gasteiger partial charge in [0.2, 0.25) is 11.9 Å². The van der Waals surface area contributed by atoms with Crippen molar-refractivity contribution < 1.29 is 4.79 Å². The number of nitrogens with zero attached hydrogens (tertiary/aromatic N) is 2. The summed E-state index contributed by atoms with van der Waals surface area (Å²) >= 11 is 0. The molecule has 2 aromatic rings. The summed E-state index contributed by atoms with van der Waals surface area (Å²) in [4.78, 5) is 20.5. The number of H-pyrrole nitrogens is 1. The first-order valence-electron chi connectivity index (χ1n) is 5.27. The van der Waals surface area contributed by atoms with Crippen LogP contribution in [0.15, 0.2) is 18.2 Å². The van der Waals surface area contributed by atoms with E-state index in [4.69, 9.17) is 5.73 Å². The number of imidazole rings is 1. The quantitative estimate of drug-likeness (QED) is 0.667. The molecule has 6 heteroatoms. The average Bonchev–Trinajstić information content (AvgIpc) is 2.71. The van der Waals surface area contributed by atoms with Gasteiger partial charge in [0, 0.05) is 19.8 Å². The molecule has 0 unspecified atom stereocenters. The number of likely N-dealkylation sites (N-methyl/N-ethyl adjacent to an activating group) is 2. The maximum Gasteiger partial charge on any atom is 0.239 e. The van der Waals surface area contributed by atoms with Gasteiger partial charge in [0.15, 0.2) is 0 Å². The minimum Gasteiger partial charge on any atom is -0.399 e. The Labute approximate surface area is 98.8 Å². The van der Waals surface area contributed by atoms with Crippen molar-refractivity contribution in [3.63, 3.8) is 0 Å². The zero-order chi connectivity index (χ0) is 12.4. The molecule has 0 saturated carbocycles. The predicted molar refractivity (Wildman–Crippen MR) is 67.8 cm³/mol. The first-order chi connectivity index (χ1) is 8.10. The molecule has 0 bridgehead atoms. The van der Waals surface area contributed by atoms with Crippen molar-refractivity contribution in [1.29, 1.82) is 0 Å². The smallest absolute Gasteiger partial charge is 0.239 e. The van der Waals surface area contributed by atoms with E-state index in [1.165, 1.54) is 0 Å². The van der Waals surface area contributed by atoms with E-state index in [0.29, 0.717) is 11.6 Å².